The normalized spacial score (nSPS) is 28.7. The zero-order chi connectivity index (χ0) is 12.0. The van der Waals surface area contributed by atoms with E-state index in [1.54, 1.807) is 0 Å². The van der Waals surface area contributed by atoms with Gasteiger partial charge in [-0.2, -0.15) is 0 Å². The van der Waals surface area contributed by atoms with Gasteiger partial charge in [-0.3, -0.25) is 4.79 Å². The van der Waals surface area contributed by atoms with Crippen LogP contribution in [0.2, 0.25) is 0 Å². The minimum Gasteiger partial charge on any atom is -0.306 e. The van der Waals surface area contributed by atoms with Gasteiger partial charge in [-0.25, -0.2) is 0 Å². The maximum absolute atomic E-state index is 12.2. The summed E-state index contributed by atoms with van der Waals surface area (Å²) >= 11 is 0. The van der Waals surface area contributed by atoms with Crippen LogP contribution in [0, 0.1) is 12.8 Å². The van der Waals surface area contributed by atoms with Gasteiger partial charge in [-0.05, 0) is 44.5 Å². The summed E-state index contributed by atoms with van der Waals surface area (Å²) in [5.74, 6) is 1.51. The second-order valence-electron chi connectivity index (χ2n) is 5.64. The molecule has 1 saturated heterocycles. The predicted molar refractivity (Wildman–Crippen MR) is 68.5 cm³/mol. The Hall–Kier alpha value is -1.15. The van der Waals surface area contributed by atoms with Crippen LogP contribution in [0.15, 0.2) is 18.2 Å². The fraction of sp³-hybridized carbons (Fsp3) is 0.533. The van der Waals surface area contributed by atoms with Crippen LogP contribution >= 0.6 is 0 Å². The molecule has 0 N–H and O–H groups in total. The lowest BCUT2D eigenvalue weighted by Gasteiger charge is -2.40. The first-order chi connectivity index (χ1) is 8.15. The lowest BCUT2D eigenvalue weighted by molar-refractivity contribution is 0.0887. The zero-order valence-corrected chi connectivity index (χ0v) is 10.6. The van der Waals surface area contributed by atoms with E-state index in [1.165, 1.54) is 17.5 Å². The minimum absolute atomic E-state index is 0.356. The Morgan fingerprint density at radius 1 is 1.35 bits per heavy atom. The van der Waals surface area contributed by atoms with Crippen LogP contribution in [0.5, 0.6) is 0 Å². The van der Waals surface area contributed by atoms with E-state index >= 15 is 0 Å². The molecule has 2 heteroatoms. The first-order valence-electron chi connectivity index (χ1n) is 6.47. The highest BCUT2D eigenvalue weighted by Crippen LogP contribution is 2.40. The van der Waals surface area contributed by atoms with Gasteiger partial charge in [0.25, 0.3) is 0 Å². The van der Waals surface area contributed by atoms with E-state index in [2.05, 4.69) is 37.1 Å². The number of likely N-dealkylation sites (N-methyl/N-ethyl adjacent to an activating group) is 1. The number of aryl methyl sites for hydroxylation is 1. The average molecular weight is 229 g/mol. The van der Waals surface area contributed by atoms with Gasteiger partial charge < -0.3 is 4.90 Å². The summed E-state index contributed by atoms with van der Waals surface area (Å²) in [6, 6.07) is 6.39. The number of hydrogen-bond acceptors (Lipinski definition) is 2. The number of hydrogen-bond donors (Lipinski definition) is 0. The van der Waals surface area contributed by atoms with Crippen molar-refractivity contribution < 1.29 is 4.79 Å². The van der Waals surface area contributed by atoms with Gasteiger partial charge in [0, 0.05) is 24.4 Å². The van der Waals surface area contributed by atoms with E-state index < -0.39 is 0 Å². The minimum atomic E-state index is 0.356. The third-order valence-corrected chi connectivity index (χ3v) is 4.32. The molecule has 1 aliphatic carbocycles. The molecule has 1 aliphatic heterocycles. The molecule has 1 fully saturated rings. The van der Waals surface area contributed by atoms with Crippen molar-refractivity contribution in [2.24, 2.45) is 5.92 Å². The van der Waals surface area contributed by atoms with Crippen LogP contribution in [0.25, 0.3) is 0 Å². The number of rotatable bonds is 0. The average Bonchev–Trinajstić information content (AvgIpc) is 2.30. The van der Waals surface area contributed by atoms with Gasteiger partial charge in [-0.1, -0.05) is 17.7 Å². The molecule has 0 spiro atoms. The molecule has 90 valence electrons. The van der Waals surface area contributed by atoms with Gasteiger partial charge in [0.2, 0.25) is 0 Å². The number of carbonyl (C=O) groups is 1. The third-order valence-electron chi connectivity index (χ3n) is 4.32. The summed E-state index contributed by atoms with van der Waals surface area (Å²) < 4.78 is 0. The second-order valence-corrected chi connectivity index (χ2v) is 5.64. The van der Waals surface area contributed by atoms with Crippen molar-refractivity contribution in [3.05, 3.63) is 34.9 Å². The Bertz CT molecular complexity index is 466. The maximum atomic E-state index is 12.2. The SMILES string of the molecule is Cc1ccc2c(c1)C(=O)CC1CCN(C)CC21. The summed E-state index contributed by atoms with van der Waals surface area (Å²) in [4.78, 5) is 14.6. The first kappa shape index (κ1) is 11.0. The molecule has 0 aromatic heterocycles. The van der Waals surface area contributed by atoms with Crippen LogP contribution in [0.3, 0.4) is 0 Å². The summed E-state index contributed by atoms with van der Waals surface area (Å²) in [6.45, 7) is 4.30. The Kier molecular flexibility index (Phi) is 2.55. The molecule has 0 amide bonds. The molecular formula is C15H19NO. The smallest absolute Gasteiger partial charge is 0.163 e. The number of ketones is 1. The molecule has 2 aliphatic rings. The highest BCUT2D eigenvalue weighted by molar-refractivity contribution is 5.99. The van der Waals surface area contributed by atoms with Gasteiger partial charge in [-0.15, -0.1) is 0 Å². The Balaban J connectivity index is 2.05. The van der Waals surface area contributed by atoms with Crippen molar-refractivity contribution >= 4 is 5.78 Å². The molecule has 2 unspecified atom stereocenters. The fourth-order valence-corrected chi connectivity index (χ4v) is 3.34. The number of nitrogens with zero attached hydrogens (tertiary/aromatic N) is 1. The van der Waals surface area contributed by atoms with Crippen LogP contribution in [0.4, 0.5) is 0 Å². The van der Waals surface area contributed by atoms with Crippen molar-refractivity contribution in [2.75, 3.05) is 20.1 Å². The molecule has 1 heterocycles. The van der Waals surface area contributed by atoms with Gasteiger partial charge in [0.05, 0.1) is 0 Å². The third kappa shape index (κ3) is 1.81. The summed E-state index contributed by atoms with van der Waals surface area (Å²) in [5, 5.41) is 0. The van der Waals surface area contributed by atoms with Crippen LogP contribution in [-0.2, 0) is 0 Å². The second kappa shape index (κ2) is 3.95. The van der Waals surface area contributed by atoms with Crippen molar-refractivity contribution in [1.82, 2.24) is 4.90 Å². The van der Waals surface area contributed by atoms with Crippen LogP contribution in [0.1, 0.15) is 40.2 Å². The monoisotopic (exact) mass is 229 g/mol. The summed E-state index contributed by atoms with van der Waals surface area (Å²) in [5.41, 5.74) is 3.48. The van der Waals surface area contributed by atoms with Gasteiger partial charge >= 0.3 is 0 Å². The molecule has 0 saturated carbocycles. The lowest BCUT2D eigenvalue weighted by atomic mass is 9.71. The molecule has 2 nitrogen and oxygen atoms in total. The molecular weight excluding hydrogens is 210 g/mol. The molecule has 0 bridgehead atoms. The topological polar surface area (TPSA) is 20.3 Å². The van der Waals surface area contributed by atoms with Crippen molar-refractivity contribution in [2.45, 2.75) is 25.7 Å². The van der Waals surface area contributed by atoms with Gasteiger partial charge in [0.15, 0.2) is 5.78 Å². The lowest BCUT2D eigenvalue weighted by Crippen LogP contribution is -2.40. The van der Waals surface area contributed by atoms with Crippen LogP contribution < -0.4 is 0 Å². The number of fused-ring (bicyclic) bond motifs is 3. The largest absolute Gasteiger partial charge is 0.306 e. The highest BCUT2D eigenvalue weighted by atomic mass is 16.1. The molecule has 1 aromatic carbocycles. The molecule has 2 atom stereocenters. The molecule has 17 heavy (non-hydrogen) atoms. The number of carbonyl (C=O) groups excluding carboxylic acids is 1. The van der Waals surface area contributed by atoms with E-state index in [0.29, 0.717) is 17.6 Å². The van der Waals surface area contributed by atoms with E-state index in [1.807, 2.05) is 0 Å². The van der Waals surface area contributed by atoms with Crippen LogP contribution in [-0.4, -0.2) is 30.8 Å². The highest BCUT2D eigenvalue weighted by Gasteiger charge is 2.36. The van der Waals surface area contributed by atoms with Crippen molar-refractivity contribution in [3.63, 3.8) is 0 Å². The van der Waals surface area contributed by atoms with E-state index in [-0.39, 0.29) is 0 Å². The van der Waals surface area contributed by atoms with Crippen molar-refractivity contribution in [1.29, 1.82) is 0 Å². The van der Waals surface area contributed by atoms with E-state index in [0.717, 1.165) is 25.1 Å². The van der Waals surface area contributed by atoms with Crippen molar-refractivity contribution in [3.8, 4) is 0 Å². The Morgan fingerprint density at radius 3 is 3.00 bits per heavy atom. The Labute approximate surface area is 103 Å². The van der Waals surface area contributed by atoms with Gasteiger partial charge in [0.1, 0.15) is 0 Å². The summed E-state index contributed by atoms with van der Waals surface area (Å²) in [7, 11) is 2.18. The quantitative estimate of drug-likeness (QED) is 0.681. The summed E-state index contributed by atoms with van der Waals surface area (Å²) in [6.07, 6.45) is 1.93. The number of piperidine rings is 1. The number of benzene rings is 1. The molecule has 1 aromatic rings. The number of likely N-dealkylation sites (tertiary alicyclic amines) is 1. The first-order valence-corrected chi connectivity index (χ1v) is 6.47. The van der Waals surface area contributed by atoms with E-state index in [9.17, 15) is 4.79 Å². The molecule has 0 radical (unpaired) electrons. The van der Waals surface area contributed by atoms with E-state index in [4.69, 9.17) is 0 Å². The standard InChI is InChI=1S/C15H19NO/c1-10-3-4-12-13(7-10)15(17)8-11-5-6-16(2)9-14(11)12/h3-4,7,11,14H,5-6,8-9H2,1-2H3. The maximum Gasteiger partial charge on any atom is 0.163 e. The Morgan fingerprint density at radius 2 is 2.18 bits per heavy atom. The number of Topliss-reactive ketones (excluding diaryl/α,β-unsaturated/α-hetero) is 1. The zero-order valence-electron chi connectivity index (χ0n) is 10.6. The fourth-order valence-electron chi connectivity index (χ4n) is 3.34. The predicted octanol–water partition coefficient (Wildman–Crippen LogP) is 2.62. The molecule has 3 rings (SSSR count).